The molecule has 0 aromatic heterocycles. The van der Waals surface area contributed by atoms with Crippen molar-refractivity contribution in [2.24, 2.45) is 11.8 Å². The van der Waals surface area contributed by atoms with Crippen LogP contribution < -0.4 is 15.4 Å². The number of halogens is 4. The summed E-state index contributed by atoms with van der Waals surface area (Å²) in [7, 11) is -2.06. The summed E-state index contributed by atoms with van der Waals surface area (Å²) in [6.07, 6.45) is 4.37. The number of nitrogens with zero attached hydrogens (tertiary/aromatic N) is 1. The summed E-state index contributed by atoms with van der Waals surface area (Å²) >= 11 is 7.64. The summed E-state index contributed by atoms with van der Waals surface area (Å²) in [4.78, 5) is 16.1. The Kier molecular flexibility index (Phi) is 15.6. The van der Waals surface area contributed by atoms with Crippen molar-refractivity contribution in [3.63, 3.8) is 0 Å². The number of hydrogen-bond acceptors (Lipinski definition) is 6. The molecule has 1 fully saturated rings. The molecule has 1 aliphatic heterocycles. The summed E-state index contributed by atoms with van der Waals surface area (Å²) < 4.78 is 53.4. The quantitative estimate of drug-likeness (QED) is 0.0964. The lowest BCUT2D eigenvalue weighted by molar-refractivity contribution is -0.0328. The highest BCUT2D eigenvalue weighted by Gasteiger charge is 2.30. The van der Waals surface area contributed by atoms with Crippen molar-refractivity contribution in [2.75, 3.05) is 29.5 Å². The largest absolute Gasteiger partial charge is 0.446 e. The number of carbonyl (C=O) groups excluding carboxylic acids is 1. The Morgan fingerprint density at radius 1 is 0.909 bits per heavy atom. The number of carbonyl (C=O) groups is 1. The summed E-state index contributed by atoms with van der Waals surface area (Å²) in [5.41, 5.74) is 5.99. The molecule has 1 amide bonds. The van der Waals surface area contributed by atoms with Crippen LogP contribution in [0, 0.1) is 11.8 Å². The van der Waals surface area contributed by atoms with Gasteiger partial charge in [0.25, 0.3) is 5.91 Å². The Morgan fingerprint density at radius 3 is 2.22 bits per heavy atom. The van der Waals surface area contributed by atoms with Gasteiger partial charge in [0.05, 0.1) is 4.90 Å². The Balaban J connectivity index is 0.000000413. The number of nitrogen functional groups attached to an aromatic ring is 1. The molecule has 6 rings (SSSR count). The van der Waals surface area contributed by atoms with Gasteiger partial charge in [-0.1, -0.05) is 80.0 Å². The van der Waals surface area contributed by atoms with Crippen LogP contribution in [0.15, 0.2) is 136 Å². The molecule has 55 heavy (non-hydrogen) atoms. The van der Waals surface area contributed by atoms with Crippen LogP contribution in [-0.4, -0.2) is 34.5 Å². The van der Waals surface area contributed by atoms with Crippen molar-refractivity contribution < 1.29 is 22.2 Å². The zero-order chi connectivity index (χ0) is 39.4. The summed E-state index contributed by atoms with van der Waals surface area (Å²) in [6, 6.07) is 37.7. The first-order valence-electron chi connectivity index (χ1n) is 18.1. The minimum Gasteiger partial charge on any atom is -0.398 e. The highest BCUT2D eigenvalue weighted by molar-refractivity contribution is 8.00. The third kappa shape index (κ3) is 13.4. The third-order valence-electron chi connectivity index (χ3n) is 9.11. The smallest absolute Gasteiger partial charge is 0.398 e. The fourth-order valence-electron chi connectivity index (χ4n) is 6.11. The lowest BCUT2D eigenvalue weighted by Crippen LogP contribution is -2.34. The molecule has 290 valence electrons. The Bertz CT molecular complexity index is 2010. The standard InChI is InChI=1S/C32H29ClF3N3O2S2.C11H16S/c33-25-9-5-22(6-10-25)28-4-2-1-3-24(28)19-21-15-17-39(18-16-21)26-11-7-23(8-12-26)31(40)38-43(41)27-13-14-29(37)30(20-27)42-32(34,35)36;1-10(2)8-9-12-11-6-4-3-5-7-11/h1-14,20-21H,15-19,37H2,(H,38,40);3-7,10H,8-9H2,1-2H3. The molecule has 0 spiro atoms. The second-order valence-electron chi connectivity index (χ2n) is 13.6. The topological polar surface area (TPSA) is 75.4 Å². The van der Waals surface area contributed by atoms with E-state index in [-0.39, 0.29) is 15.5 Å². The molecule has 0 aliphatic carbocycles. The Hall–Kier alpha value is -3.90. The van der Waals surface area contributed by atoms with Crippen LogP contribution in [0.4, 0.5) is 24.5 Å². The number of nitrogens with two attached hydrogens (primary N) is 1. The molecule has 0 radical (unpaired) electrons. The molecule has 1 atom stereocenters. The average Bonchev–Trinajstić information content (AvgIpc) is 3.17. The van der Waals surface area contributed by atoms with E-state index < -0.39 is 34.2 Å². The number of alkyl halides is 3. The van der Waals surface area contributed by atoms with Gasteiger partial charge in [-0.05, 0) is 138 Å². The van der Waals surface area contributed by atoms with Gasteiger partial charge < -0.3 is 10.6 Å². The average molecular weight is 825 g/mol. The highest BCUT2D eigenvalue weighted by Crippen LogP contribution is 2.40. The van der Waals surface area contributed by atoms with Gasteiger partial charge in [-0.3, -0.25) is 9.52 Å². The number of benzene rings is 5. The Morgan fingerprint density at radius 2 is 1.56 bits per heavy atom. The predicted octanol–water partition coefficient (Wildman–Crippen LogP) is 11.9. The van der Waals surface area contributed by atoms with Crippen LogP contribution >= 0.6 is 35.1 Å². The van der Waals surface area contributed by atoms with Crippen LogP contribution in [0.2, 0.25) is 5.02 Å². The summed E-state index contributed by atoms with van der Waals surface area (Å²) in [5.74, 6) is 2.01. The third-order valence-corrected chi connectivity index (χ3v) is 12.3. The molecule has 1 saturated heterocycles. The van der Waals surface area contributed by atoms with Crippen LogP contribution in [0.25, 0.3) is 11.1 Å². The first-order valence-corrected chi connectivity index (χ1v) is 21.4. The number of nitrogens with one attached hydrogen (secondary N) is 1. The summed E-state index contributed by atoms with van der Waals surface area (Å²) in [5, 5.41) is 0.719. The minimum atomic E-state index is -4.54. The van der Waals surface area contributed by atoms with Crippen LogP contribution in [0.3, 0.4) is 0 Å². The normalized spacial score (nSPS) is 13.9. The molecule has 3 N–H and O–H groups in total. The Labute approximate surface area is 338 Å². The van der Waals surface area contributed by atoms with Crippen molar-refractivity contribution in [1.29, 1.82) is 0 Å². The first kappa shape index (κ1) is 42.2. The van der Waals surface area contributed by atoms with Gasteiger partial charge in [0, 0.05) is 44.8 Å². The van der Waals surface area contributed by atoms with E-state index in [0.717, 1.165) is 60.6 Å². The molecule has 12 heteroatoms. The lowest BCUT2D eigenvalue weighted by Gasteiger charge is -2.34. The molecule has 5 aromatic carbocycles. The van der Waals surface area contributed by atoms with Gasteiger partial charge in [-0.15, -0.1) is 11.8 Å². The number of hydrogen-bond donors (Lipinski definition) is 2. The summed E-state index contributed by atoms with van der Waals surface area (Å²) in [6.45, 7) is 6.31. The van der Waals surface area contributed by atoms with E-state index in [1.807, 2.05) is 36.0 Å². The predicted molar refractivity (Wildman–Crippen MR) is 225 cm³/mol. The number of thioether (sulfide) groups is 2. The van der Waals surface area contributed by atoms with E-state index in [1.165, 1.54) is 40.3 Å². The van der Waals surface area contributed by atoms with Crippen LogP contribution in [0.1, 0.15) is 49.0 Å². The second kappa shape index (κ2) is 20.3. The minimum absolute atomic E-state index is 0.0181. The number of rotatable bonds is 12. The molecular weight excluding hydrogens is 779 g/mol. The van der Waals surface area contributed by atoms with Gasteiger partial charge >= 0.3 is 5.51 Å². The molecule has 5 aromatic rings. The van der Waals surface area contributed by atoms with E-state index in [4.69, 9.17) is 17.3 Å². The monoisotopic (exact) mass is 823 g/mol. The molecule has 1 aliphatic rings. The maximum Gasteiger partial charge on any atom is 0.446 e. The number of amides is 1. The van der Waals surface area contributed by atoms with Crippen molar-refractivity contribution in [2.45, 2.75) is 59.7 Å². The maximum absolute atomic E-state index is 12.8. The van der Waals surface area contributed by atoms with Gasteiger partial charge in [0.1, 0.15) is 0 Å². The van der Waals surface area contributed by atoms with E-state index >= 15 is 0 Å². The molecule has 1 unspecified atom stereocenters. The van der Waals surface area contributed by atoms with Gasteiger partial charge in [-0.25, -0.2) is 4.21 Å². The molecular formula is C43H45ClF3N3O2S3. The van der Waals surface area contributed by atoms with Gasteiger partial charge in [0.2, 0.25) is 0 Å². The van der Waals surface area contributed by atoms with Crippen molar-refractivity contribution in [3.8, 4) is 11.1 Å². The second-order valence-corrected chi connectivity index (χ2v) is 17.6. The van der Waals surface area contributed by atoms with E-state index in [0.29, 0.717) is 11.5 Å². The van der Waals surface area contributed by atoms with Crippen molar-refractivity contribution >= 4 is 63.4 Å². The van der Waals surface area contributed by atoms with Gasteiger partial charge in [-0.2, -0.15) is 13.2 Å². The maximum atomic E-state index is 12.8. The fourth-order valence-corrected chi connectivity index (χ4v) is 8.93. The van der Waals surface area contributed by atoms with Crippen molar-refractivity contribution in [3.05, 3.63) is 137 Å². The van der Waals surface area contributed by atoms with E-state index in [2.05, 4.69) is 90.2 Å². The SMILES string of the molecule is CC(C)CCSc1ccccc1.Nc1ccc(S(=O)NC(=O)c2ccc(N3CCC(Cc4ccccc4-c4ccc(Cl)cc4)CC3)cc2)cc1SC(F)(F)F. The first-order chi connectivity index (χ1) is 26.3. The number of piperidine rings is 1. The lowest BCUT2D eigenvalue weighted by atomic mass is 9.87. The molecule has 5 nitrogen and oxygen atoms in total. The zero-order valence-corrected chi connectivity index (χ0v) is 33.9. The van der Waals surface area contributed by atoms with E-state index in [9.17, 15) is 22.2 Å². The number of anilines is 2. The molecule has 0 bridgehead atoms. The fraction of sp³-hybridized carbons (Fsp3) is 0.279. The van der Waals surface area contributed by atoms with Crippen LogP contribution in [0.5, 0.6) is 0 Å². The van der Waals surface area contributed by atoms with E-state index in [1.54, 1.807) is 12.1 Å². The molecule has 0 saturated carbocycles. The molecule has 1 heterocycles. The zero-order valence-electron chi connectivity index (χ0n) is 30.7. The van der Waals surface area contributed by atoms with Crippen molar-refractivity contribution in [1.82, 2.24) is 4.72 Å². The van der Waals surface area contributed by atoms with Crippen LogP contribution in [-0.2, 0) is 17.4 Å². The highest BCUT2D eigenvalue weighted by atomic mass is 35.5. The van der Waals surface area contributed by atoms with Gasteiger partial charge in [0.15, 0.2) is 11.0 Å².